The van der Waals surface area contributed by atoms with Crippen molar-refractivity contribution in [3.05, 3.63) is 17.1 Å². The van der Waals surface area contributed by atoms with Crippen LogP contribution in [0.5, 0.6) is 0 Å². The predicted molar refractivity (Wildman–Crippen MR) is 91.6 cm³/mol. The highest BCUT2D eigenvalue weighted by molar-refractivity contribution is 5.88. The Bertz CT molecular complexity index is 667. The number of aryl methyl sites for hydroxylation is 3. The van der Waals surface area contributed by atoms with Crippen LogP contribution in [-0.2, 0) is 6.42 Å². The Kier molecular flexibility index (Phi) is 4.23. The van der Waals surface area contributed by atoms with Crippen LogP contribution in [-0.4, -0.2) is 20.7 Å². The highest BCUT2D eigenvalue weighted by Crippen LogP contribution is 2.27. The molecule has 1 aliphatic carbocycles. The van der Waals surface area contributed by atoms with Gasteiger partial charge in [-0.1, -0.05) is 26.2 Å². The molecule has 0 bridgehead atoms. The molecule has 0 aromatic carbocycles. The van der Waals surface area contributed by atoms with E-state index >= 15 is 0 Å². The lowest BCUT2D eigenvalue weighted by Gasteiger charge is -2.26. The largest absolute Gasteiger partial charge is 0.382 e. The molecule has 22 heavy (non-hydrogen) atoms. The van der Waals surface area contributed by atoms with Crippen LogP contribution in [0.4, 0.5) is 5.82 Å². The maximum Gasteiger partial charge on any atom is 0.151 e. The van der Waals surface area contributed by atoms with Crippen LogP contribution in [0.15, 0.2) is 0 Å². The quantitative estimate of drug-likeness (QED) is 0.907. The number of anilines is 1. The molecule has 0 atom stereocenters. The van der Waals surface area contributed by atoms with Gasteiger partial charge in [0, 0.05) is 18.2 Å². The van der Waals surface area contributed by atoms with E-state index < -0.39 is 0 Å². The van der Waals surface area contributed by atoms with Crippen molar-refractivity contribution < 1.29 is 0 Å². The molecular formula is C17H27N5. The molecule has 1 aliphatic rings. The lowest BCUT2D eigenvalue weighted by Crippen LogP contribution is -2.31. The van der Waals surface area contributed by atoms with Crippen molar-refractivity contribution in [2.45, 2.75) is 71.8 Å². The first-order valence-corrected chi connectivity index (χ1v) is 8.52. The summed E-state index contributed by atoms with van der Waals surface area (Å²) in [6.07, 6.45) is 8.49. The molecule has 0 radical (unpaired) electrons. The average molecular weight is 301 g/mol. The van der Waals surface area contributed by atoms with Gasteiger partial charge < -0.3 is 11.2 Å². The predicted octanol–water partition coefficient (Wildman–Crippen LogP) is 3.46. The number of aromatic nitrogens is 3. The molecule has 5 nitrogen and oxygen atoms in total. The minimum absolute atomic E-state index is 0.538. The van der Waals surface area contributed by atoms with E-state index in [1.165, 1.54) is 37.7 Å². The van der Waals surface area contributed by atoms with Crippen molar-refractivity contribution in [3.63, 3.8) is 0 Å². The molecule has 3 N–H and O–H groups in total. The zero-order valence-electron chi connectivity index (χ0n) is 13.9. The second-order valence-electron chi connectivity index (χ2n) is 6.48. The molecule has 0 unspecified atom stereocenters. The van der Waals surface area contributed by atoms with E-state index in [2.05, 4.69) is 28.9 Å². The number of pyridine rings is 1. The molecule has 0 saturated heterocycles. The van der Waals surface area contributed by atoms with E-state index in [1.54, 1.807) is 0 Å². The molecule has 2 heterocycles. The maximum absolute atomic E-state index is 6.12. The number of nitrogens with zero attached hydrogens (tertiary/aromatic N) is 3. The molecule has 0 spiro atoms. The number of fused-ring (bicyclic) bond motifs is 1. The van der Waals surface area contributed by atoms with E-state index in [9.17, 15) is 0 Å². The summed E-state index contributed by atoms with van der Waals surface area (Å²) in [6.45, 7) is 6.31. The highest BCUT2D eigenvalue weighted by Gasteiger charge is 2.20. The fourth-order valence-electron chi connectivity index (χ4n) is 3.42. The zero-order valence-corrected chi connectivity index (χ0v) is 13.9. The Labute approximate surface area is 132 Å². The van der Waals surface area contributed by atoms with Crippen molar-refractivity contribution >= 4 is 16.9 Å². The number of rotatable bonds is 4. The molecule has 3 rings (SSSR count). The summed E-state index contributed by atoms with van der Waals surface area (Å²) in [5.74, 6) is 1.62. The monoisotopic (exact) mass is 301 g/mol. The normalized spacial score (nSPS) is 16.3. The number of hydrogen-bond acceptors (Lipinski definition) is 4. The second-order valence-corrected chi connectivity index (χ2v) is 6.48. The third kappa shape index (κ3) is 2.64. The fraction of sp³-hybridized carbons (Fsp3) is 0.647. The van der Waals surface area contributed by atoms with Crippen molar-refractivity contribution in [1.82, 2.24) is 14.6 Å². The minimum Gasteiger partial charge on any atom is -0.382 e. The molecule has 0 amide bonds. The summed E-state index contributed by atoms with van der Waals surface area (Å²) in [4.78, 5) is 9.22. The molecule has 1 fully saturated rings. The van der Waals surface area contributed by atoms with Gasteiger partial charge in [-0.05, 0) is 38.7 Å². The number of hydrogen-bond donors (Lipinski definition) is 2. The summed E-state index contributed by atoms with van der Waals surface area (Å²) in [5, 5.41) is 0. The Balaban J connectivity index is 2.09. The summed E-state index contributed by atoms with van der Waals surface area (Å²) >= 11 is 0. The molecule has 2 aromatic heterocycles. The van der Waals surface area contributed by atoms with Crippen molar-refractivity contribution in [1.29, 1.82) is 0 Å². The SMILES string of the molecule is CCCc1nc2c(N)nc(C)c(C)c2n1NC1CCCCC1. The third-order valence-electron chi connectivity index (χ3n) is 4.77. The van der Waals surface area contributed by atoms with Crippen molar-refractivity contribution in [3.8, 4) is 0 Å². The van der Waals surface area contributed by atoms with Crippen molar-refractivity contribution in [2.75, 3.05) is 11.2 Å². The number of nitrogen functional groups attached to an aromatic ring is 1. The van der Waals surface area contributed by atoms with Gasteiger partial charge in [0.1, 0.15) is 11.3 Å². The van der Waals surface area contributed by atoms with Gasteiger partial charge >= 0.3 is 0 Å². The highest BCUT2D eigenvalue weighted by atomic mass is 15.5. The van der Waals surface area contributed by atoms with E-state index in [-0.39, 0.29) is 0 Å². The molecular weight excluding hydrogens is 274 g/mol. The summed E-state index contributed by atoms with van der Waals surface area (Å²) in [6, 6.07) is 0.538. The lowest BCUT2D eigenvalue weighted by molar-refractivity contribution is 0.437. The van der Waals surface area contributed by atoms with Gasteiger partial charge in [0.25, 0.3) is 0 Å². The molecule has 120 valence electrons. The first-order valence-electron chi connectivity index (χ1n) is 8.52. The maximum atomic E-state index is 6.12. The third-order valence-corrected chi connectivity index (χ3v) is 4.77. The topological polar surface area (TPSA) is 68.8 Å². The Hall–Kier alpha value is -1.78. The average Bonchev–Trinajstić information content (AvgIpc) is 2.86. The van der Waals surface area contributed by atoms with Crippen LogP contribution in [0, 0.1) is 13.8 Å². The first kappa shape index (κ1) is 15.1. The van der Waals surface area contributed by atoms with Crippen LogP contribution in [0.3, 0.4) is 0 Å². The van der Waals surface area contributed by atoms with Gasteiger partial charge in [0.15, 0.2) is 5.82 Å². The van der Waals surface area contributed by atoms with Gasteiger partial charge in [-0.15, -0.1) is 0 Å². The van der Waals surface area contributed by atoms with Crippen LogP contribution in [0.1, 0.15) is 62.5 Å². The van der Waals surface area contributed by atoms with E-state index in [1.807, 2.05) is 6.92 Å². The van der Waals surface area contributed by atoms with Crippen LogP contribution >= 0.6 is 0 Å². The van der Waals surface area contributed by atoms with Gasteiger partial charge in [0.2, 0.25) is 0 Å². The molecule has 2 aromatic rings. The van der Waals surface area contributed by atoms with Gasteiger partial charge in [-0.2, -0.15) is 0 Å². The van der Waals surface area contributed by atoms with Gasteiger partial charge in [-0.25, -0.2) is 14.6 Å². The number of imidazole rings is 1. The molecule has 5 heteroatoms. The Morgan fingerprint density at radius 3 is 2.59 bits per heavy atom. The van der Waals surface area contributed by atoms with E-state index in [4.69, 9.17) is 10.7 Å². The summed E-state index contributed by atoms with van der Waals surface area (Å²) in [7, 11) is 0. The fourth-order valence-corrected chi connectivity index (χ4v) is 3.42. The second kappa shape index (κ2) is 6.15. The summed E-state index contributed by atoms with van der Waals surface area (Å²) < 4.78 is 2.20. The van der Waals surface area contributed by atoms with Crippen LogP contribution in [0.2, 0.25) is 0 Å². The van der Waals surface area contributed by atoms with Gasteiger partial charge in [-0.3, -0.25) is 0 Å². The Morgan fingerprint density at radius 1 is 1.18 bits per heavy atom. The Morgan fingerprint density at radius 2 is 1.91 bits per heavy atom. The lowest BCUT2D eigenvalue weighted by atomic mass is 9.96. The number of nitrogens with two attached hydrogens (primary N) is 1. The summed E-state index contributed by atoms with van der Waals surface area (Å²) in [5.41, 5.74) is 14.0. The minimum atomic E-state index is 0.538. The van der Waals surface area contributed by atoms with E-state index in [0.717, 1.165) is 35.4 Å². The van der Waals surface area contributed by atoms with E-state index in [0.29, 0.717) is 11.9 Å². The van der Waals surface area contributed by atoms with Crippen LogP contribution in [0.25, 0.3) is 11.0 Å². The van der Waals surface area contributed by atoms with Gasteiger partial charge in [0.05, 0.1) is 5.52 Å². The molecule has 1 saturated carbocycles. The first-order chi connectivity index (χ1) is 10.6. The molecule has 0 aliphatic heterocycles. The number of nitrogens with one attached hydrogen (secondary N) is 1. The van der Waals surface area contributed by atoms with Crippen molar-refractivity contribution in [2.24, 2.45) is 0 Å². The zero-order chi connectivity index (χ0) is 15.7. The smallest absolute Gasteiger partial charge is 0.151 e. The standard InChI is InChI=1S/C17H27N5/c1-4-8-14-20-15-16(11(2)12(3)19-17(15)18)22(14)21-13-9-6-5-7-10-13/h13,21H,4-10H2,1-3H3,(H2,18,19). The van der Waals surface area contributed by atoms with Crippen LogP contribution < -0.4 is 11.2 Å².